The Morgan fingerprint density at radius 3 is 2.50 bits per heavy atom. The molecule has 0 amide bonds. The highest BCUT2D eigenvalue weighted by Crippen LogP contribution is 2.30. The summed E-state index contributed by atoms with van der Waals surface area (Å²) in [5, 5.41) is 0.657. The predicted molar refractivity (Wildman–Crippen MR) is 106 cm³/mol. The van der Waals surface area contributed by atoms with Crippen LogP contribution in [0.1, 0.15) is 21.6 Å². The molecule has 3 nitrogen and oxygen atoms in total. The summed E-state index contributed by atoms with van der Waals surface area (Å²) in [6.45, 7) is 6.41. The second-order valence-electron chi connectivity index (χ2n) is 6.01. The fourth-order valence-corrected chi connectivity index (χ4v) is 3.04. The summed E-state index contributed by atoms with van der Waals surface area (Å²) in [4.78, 5) is 12.6. The quantitative estimate of drug-likeness (QED) is 0.426. The molecule has 2 aromatic carbocycles. The van der Waals surface area contributed by atoms with E-state index in [2.05, 4.69) is 23.3 Å². The predicted octanol–water partition coefficient (Wildman–Crippen LogP) is 5.51. The fourth-order valence-electron chi connectivity index (χ4n) is 2.91. The zero-order chi connectivity index (χ0) is 18.5. The first kappa shape index (κ1) is 18.0. The van der Waals surface area contributed by atoms with Crippen LogP contribution >= 0.6 is 11.6 Å². The second-order valence-corrected chi connectivity index (χ2v) is 6.45. The SMILES string of the molecule is C=CCOC(=O)c1c(-c2ccc(Cl)cc2)cn(Cc2ccccc2)c1C. The van der Waals surface area contributed by atoms with Gasteiger partial charge in [0.05, 0.1) is 5.56 Å². The van der Waals surface area contributed by atoms with E-state index >= 15 is 0 Å². The molecule has 0 fully saturated rings. The molecule has 0 N–H and O–H groups in total. The second kappa shape index (κ2) is 8.07. The topological polar surface area (TPSA) is 31.2 Å². The first-order valence-corrected chi connectivity index (χ1v) is 8.75. The van der Waals surface area contributed by atoms with Crippen molar-refractivity contribution in [1.82, 2.24) is 4.57 Å². The third-order valence-corrected chi connectivity index (χ3v) is 4.49. The van der Waals surface area contributed by atoms with Crippen LogP contribution in [0.15, 0.2) is 73.4 Å². The van der Waals surface area contributed by atoms with Crippen LogP contribution < -0.4 is 0 Å². The Bertz CT molecular complexity index is 911. The van der Waals surface area contributed by atoms with Crippen LogP contribution in [0.3, 0.4) is 0 Å². The molecule has 0 unspecified atom stereocenters. The van der Waals surface area contributed by atoms with Gasteiger partial charge in [0.15, 0.2) is 0 Å². The Labute approximate surface area is 158 Å². The van der Waals surface area contributed by atoms with Crippen LogP contribution in [0.25, 0.3) is 11.1 Å². The van der Waals surface area contributed by atoms with E-state index in [1.807, 2.05) is 55.6 Å². The van der Waals surface area contributed by atoms with Gasteiger partial charge < -0.3 is 9.30 Å². The number of esters is 1. The molecule has 0 radical (unpaired) electrons. The van der Waals surface area contributed by atoms with Crippen molar-refractivity contribution in [2.24, 2.45) is 0 Å². The lowest BCUT2D eigenvalue weighted by Crippen LogP contribution is -2.09. The summed E-state index contributed by atoms with van der Waals surface area (Å²) in [7, 11) is 0. The minimum absolute atomic E-state index is 0.183. The van der Waals surface area contributed by atoms with Gasteiger partial charge in [-0.25, -0.2) is 4.79 Å². The van der Waals surface area contributed by atoms with Crippen molar-refractivity contribution in [3.63, 3.8) is 0 Å². The van der Waals surface area contributed by atoms with Crippen molar-refractivity contribution in [2.75, 3.05) is 6.61 Å². The monoisotopic (exact) mass is 365 g/mol. The molecule has 4 heteroatoms. The van der Waals surface area contributed by atoms with Crippen LogP contribution in [0, 0.1) is 6.92 Å². The number of rotatable bonds is 6. The first-order valence-electron chi connectivity index (χ1n) is 8.37. The zero-order valence-corrected chi connectivity index (χ0v) is 15.4. The van der Waals surface area contributed by atoms with Gasteiger partial charge in [0.25, 0.3) is 0 Å². The standard InChI is InChI=1S/C22H20ClNO2/c1-3-13-26-22(25)21-16(2)24(14-17-7-5-4-6-8-17)15-20(21)18-9-11-19(23)12-10-18/h3-12,15H,1,13-14H2,2H3. The smallest absolute Gasteiger partial charge is 0.340 e. The number of aromatic nitrogens is 1. The van der Waals surface area contributed by atoms with E-state index in [4.69, 9.17) is 16.3 Å². The van der Waals surface area contributed by atoms with E-state index in [1.165, 1.54) is 5.56 Å². The molecular formula is C22H20ClNO2. The summed E-state index contributed by atoms with van der Waals surface area (Å²) in [6, 6.07) is 17.6. The van der Waals surface area contributed by atoms with E-state index in [-0.39, 0.29) is 12.6 Å². The zero-order valence-electron chi connectivity index (χ0n) is 14.6. The number of nitrogens with zero attached hydrogens (tertiary/aromatic N) is 1. The van der Waals surface area contributed by atoms with Crippen molar-refractivity contribution < 1.29 is 9.53 Å². The molecule has 0 aliphatic carbocycles. The van der Waals surface area contributed by atoms with Crippen LogP contribution in [0.4, 0.5) is 0 Å². The van der Waals surface area contributed by atoms with Crippen molar-refractivity contribution >= 4 is 17.6 Å². The number of hydrogen-bond acceptors (Lipinski definition) is 2. The van der Waals surface area contributed by atoms with E-state index in [0.717, 1.165) is 16.8 Å². The Kier molecular flexibility index (Phi) is 5.59. The average Bonchev–Trinajstić information content (AvgIpc) is 2.97. The summed E-state index contributed by atoms with van der Waals surface area (Å²) in [5.41, 5.74) is 4.37. The van der Waals surface area contributed by atoms with Gasteiger partial charge in [-0.15, -0.1) is 0 Å². The van der Waals surface area contributed by atoms with Crippen LogP contribution in [-0.4, -0.2) is 17.1 Å². The van der Waals surface area contributed by atoms with Gasteiger partial charge in [0, 0.05) is 29.0 Å². The Hall–Kier alpha value is -2.78. The molecule has 132 valence electrons. The lowest BCUT2D eigenvalue weighted by molar-refractivity contribution is 0.0549. The number of benzene rings is 2. The molecule has 0 bridgehead atoms. The third-order valence-electron chi connectivity index (χ3n) is 4.23. The van der Waals surface area contributed by atoms with Crippen LogP contribution in [-0.2, 0) is 11.3 Å². The van der Waals surface area contributed by atoms with Crippen molar-refractivity contribution in [2.45, 2.75) is 13.5 Å². The summed E-state index contributed by atoms with van der Waals surface area (Å²) >= 11 is 6.01. The highest BCUT2D eigenvalue weighted by Gasteiger charge is 2.21. The number of carbonyl (C=O) groups is 1. The highest BCUT2D eigenvalue weighted by molar-refractivity contribution is 6.30. The van der Waals surface area contributed by atoms with Gasteiger partial charge in [-0.1, -0.05) is 66.7 Å². The van der Waals surface area contributed by atoms with E-state index in [9.17, 15) is 4.79 Å². The molecule has 26 heavy (non-hydrogen) atoms. The summed E-state index contributed by atoms with van der Waals surface area (Å²) < 4.78 is 7.38. The van der Waals surface area contributed by atoms with Gasteiger partial charge in [-0.3, -0.25) is 0 Å². The van der Waals surface area contributed by atoms with Gasteiger partial charge in [0.1, 0.15) is 6.61 Å². The number of hydrogen-bond donors (Lipinski definition) is 0. The van der Waals surface area contributed by atoms with Crippen LogP contribution in [0.5, 0.6) is 0 Å². The molecule has 0 atom stereocenters. The minimum Gasteiger partial charge on any atom is -0.458 e. The van der Waals surface area contributed by atoms with Gasteiger partial charge >= 0.3 is 5.97 Å². The van der Waals surface area contributed by atoms with Crippen LogP contribution in [0.2, 0.25) is 5.02 Å². The van der Waals surface area contributed by atoms with E-state index < -0.39 is 0 Å². The normalized spacial score (nSPS) is 10.5. The Morgan fingerprint density at radius 2 is 1.85 bits per heavy atom. The molecule has 1 heterocycles. The molecule has 0 aliphatic rings. The maximum Gasteiger partial charge on any atom is 0.340 e. The Morgan fingerprint density at radius 1 is 1.15 bits per heavy atom. The Balaban J connectivity index is 2.05. The molecule has 0 saturated heterocycles. The summed E-state index contributed by atoms with van der Waals surface area (Å²) in [5.74, 6) is -0.348. The maximum atomic E-state index is 12.6. The molecule has 3 rings (SSSR count). The summed E-state index contributed by atoms with van der Waals surface area (Å²) in [6.07, 6.45) is 3.56. The first-order chi connectivity index (χ1) is 12.6. The highest BCUT2D eigenvalue weighted by atomic mass is 35.5. The van der Waals surface area contributed by atoms with Gasteiger partial charge in [-0.2, -0.15) is 0 Å². The van der Waals surface area contributed by atoms with Crippen molar-refractivity contribution in [1.29, 1.82) is 0 Å². The van der Waals surface area contributed by atoms with Gasteiger partial charge in [0.2, 0.25) is 0 Å². The minimum atomic E-state index is -0.348. The average molecular weight is 366 g/mol. The van der Waals surface area contributed by atoms with E-state index in [0.29, 0.717) is 17.1 Å². The largest absolute Gasteiger partial charge is 0.458 e. The van der Waals surface area contributed by atoms with Crippen molar-refractivity contribution in [3.8, 4) is 11.1 Å². The van der Waals surface area contributed by atoms with Crippen molar-refractivity contribution in [3.05, 3.63) is 95.3 Å². The molecule has 0 saturated carbocycles. The lowest BCUT2D eigenvalue weighted by Gasteiger charge is -2.08. The number of ether oxygens (including phenoxy) is 1. The van der Waals surface area contributed by atoms with E-state index in [1.54, 1.807) is 6.08 Å². The third kappa shape index (κ3) is 3.89. The maximum absolute atomic E-state index is 12.6. The molecule has 0 aliphatic heterocycles. The fraction of sp³-hybridized carbons (Fsp3) is 0.136. The lowest BCUT2D eigenvalue weighted by atomic mass is 10.0. The molecule has 0 spiro atoms. The number of carbonyl (C=O) groups excluding carboxylic acids is 1. The molecule has 3 aromatic rings. The molecule has 1 aromatic heterocycles. The molecular weight excluding hydrogens is 346 g/mol. The number of halogens is 1. The van der Waals surface area contributed by atoms with Gasteiger partial charge in [-0.05, 0) is 30.2 Å².